The molecule has 6 amide bonds. The Morgan fingerprint density at radius 2 is 1.15 bits per heavy atom. The molecule has 0 aliphatic rings. The van der Waals surface area contributed by atoms with Gasteiger partial charge in [-0.25, -0.2) is 0 Å². The lowest BCUT2D eigenvalue weighted by Crippen LogP contribution is -2.56. The van der Waals surface area contributed by atoms with Gasteiger partial charge in [-0.2, -0.15) is 0 Å². The molecular weight excluding hydrogens is 532 g/mol. The molecule has 0 fully saturated rings. The second-order valence-corrected chi connectivity index (χ2v) is 9.76. The molecule has 14 heteroatoms. The molecule has 1 aromatic carbocycles. The van der Waals surface area contributed by atoms with E-state index in [-0.39, 0.29) is 63.4 Å². The van der Waals surface area contributed by atoms with Crippen LogP contribution in [0.15, 0.2) is 30.3 Å². The largest absolute Gasteiger partial charge is 0.353 e. The molecular formula is C27H44N8O6. The first kappa shape index (κ1) is 35.0. The first-order valence-electron chi connectivity index (χ1n) is 13.6. The fraction of sp³-hybridized carbons (Fsp3) is 0.556. The van der Waals surface area contributed by atoms with E-state index in [0.29, 0.717) is 6.42 Å². The lowest BCUT2D eigenvalue weighted by Gasteiger charge is -2.24. The maximum Gasteiger partial charge on any atom is 0.243 e. The van der Waals surface area contributed by atoms with E-state index in [0.717, 1.165) is 5.56 Å². The SMILES string of the molecule is CNCC(=O)NCCNC(=O)CNC(=O)[C@H](CC(C)C)NC(=O)[C@H](Cc1ccccc1)NC(=O)CNC(=O)CNC. The number of amides is 6. The molecule has 2 atom stereocenters. The average molecular weight is 577 g/mol. The van der Waals surface area contributed by atoms with Gasteiger partial charge in [-0.1, -0.05) is 44.2 Å². The molecule has 0 saturated carbocycles. The zero-order valence-corrected chi connectivity index (χ0v) is 24.2. The van der Waals surface area contributed by atoms with E-state index in [2.05, 4.69) is 42.5 Å². The van der Waals surface area contributed by atoms with E-state index < -0.39 is 35.7 Å². The zero-order valence-electron chi connectivity index (χ0n) is 24.2. The third-order valence-electron chi connectivity index (χ3n) is 5.59. The minimum atomic E-state index is -1.02. The minimum Gasteiger partial charge on any atom is -0.353 e. The van der Waals surface area contributed by atoms with Gasteiger partial charge in [0, 0.05) is 19.5 Å². The van der Waals surface area contributed by atoms with E-state index >= 15 is 0 Å². The number of hydrogen-bond acceptors (Lipinski definition) is 8. The monoisotopic (exact) mass is 576 g/mol. The smallest absolute Gasteiger partial charge is 0.243 e. The Morgan fingerprint density at radius 1 is 0.610 bits per heavy atom. The predicted molar refractivity (Wildman–Crippen MR) is 153 cm³/mol. The Kier molecular flexibility index (Phi) is 17.0. The Labute approximate surface area is 240 Å². The topological polar surface area (TPSA) is 199 Å². The second kappa shape index (κ2) is 19.9. The van der Waals surface area contributed by atoms with Gasteiger partial charge in [0.15, 0.2) is 0 Å². The third kappa shape index (κ3) is 16.0. The van der Waals surface area contributed by atoms with Gasteiger partial charge in [-0.15, -0.1) is 0 Å². The number of rotatable bonds is 19. The summed E-state index contributed by atoms with van der Waals surface area (Å²) in [4.78, 5) is 74.1. The molecule has 0 bridgehead atoms. The first-order chi connectivity index (χ1) is 19.5. The van der Waals surface area contributed by atoms with Crippen LogP contribution < -0.4 is 42.5 Å². The molecule has 0 saturated heterocycles. The van der Waals surface area contributed by atoms with Crippen molar-refractivity contribution in [1.82, 2.24) is 42.5 Å². The van der Waals surface area contributed by atoms with Crippen molar-refractivity contribution >= 4 is 35.4 Å². The summed E-state index contributed by atoms with van der Waals surface area (Å²) in [6, 6.07) is 7.08. The fourth-order valence-electron chi connectivity index (χ4n) is 3.66. The van der Waals surface area contributed by atoms with Crippen LogP contribution in [0.4, 0.5) is 0 Å². The standard InChI is InChI=1S/C27H44N8O6/c1-18(2)12-20(26(40)33-16-24(38)31-11-10-30-22(36)14-28-3)35-27(41)21(13-19-8-6-5-7-9-19)34-25(39)17-32-23(37)15-29-4/h5-9,18,20-21,28-29H,10-17H2,1-4H3,(H,30,36)(H,31,38)(H,32,37)(H,33,40)(H,34,39)(H,35,41)/t20-,21-/m0/s1. The fourth-order valence-corrected chi connectivity index (χ4v) is 3.66. The highest BCUT2D eigenvalue weighted by Crippen LogP contribution is 2.08. The van der Waals surface area contributed by atoms with E-state index in [9.17, 15) is 28.8 Å². The normalized spacial score (nSPS) is 12.0. The number of carbonyl (C=O) groups is 6. The van der Waals surface area contributed by atoms with Crippen molar-refractivity contribution in [3.8, 4) is 0 Å². The van der Waals surface area contributed by atoms with Crippen molar-refractivity contribution in [2.24, 2.45) is 5.92 Å². The average Bonchev–Trinajstić information content (AvgIpc) is 2.92. The van der Waals surface area contributed by atoms with Gasteiger partial charge >= 0.3 is 0 Å². The Hall–Kier alpha value is -4.04. The van der Waals surface area contributed by atoms with Crippen molar-refractivity contribution in [3.63, 3.8) is 0 Å². The molecule has 0 spiro atoms. The van der Waals surface area contributed by atoms with Crippen molar-refractivity contribution in [1.29, 1.82) is 0 Å². The molecule has 0 heterocycles. The van der Waals surface area contributed by atoms with Crippen LogP contribution in [0.5, 0.6) is 0 Å². The van der Waals surface area contributed by atoms with Gasteiger partial charge in [0.2, 0.25) is 35.4 Å². The summed E-state index contributed by atoms with van der Waals surface area (Å²) in [5.74, 6) is -2.68. The summed E-state index contributed by atoms with van der Waals surface area (Å²) in [7, 11) is 3.25. The van der Waals surface area contributed by atoms with Gasteiger partial charge in [-0.05, 0) is 32.0 Å². The molecule has 1 aromatic rings. The predicted octanol–water partition coefficient (Wildman–Crippen LogP) is -2.85. The van der Waals surface area contributed by atoms with Crippen molar-refractivity contribution < 1.29 is 28.8 Å². The van der Waals surface area contributed by atoms with Gasteiger partial charge in [-0.3, -0.25) is 28.8 Å². The van der Waals surface area contributed by atoms with E-state index in [1.807, 2.05) is 32.0 Å². The van der Waals surface area contributed by atoms with Crippen molar-refractivity contribution in [2.75, 3.05) is 53.4 Å². The van der Waals surface area contributed by atoms with Crippen LogP contribution >= 0.6 is 0 Å². The summed E-state index contributed by atoms with van der Waals surface area (Å²) < 4.78 is 0. The zero-order chi connectivity index (χ0) is 30.6. The summed E-state index contributed by atoms with van der Waals surface area (Å²) in [6.45, 7) is 3.77. The lowest BCUT2D eigenvalue weighted by molar-refractivity contribution is -0.133. The van der Waals surface area contributed by atoms with Gasteiger partial charge in [0.05, 0.1) is 26.2 Å². The van der Waals surface area contributed by atoms with E-state index in [4.69, 9.17) is 0 Å². The molecule has 8 N–H and O–H groups in total. The number of carbonyl (C=O) groups excluding carboxylic acids is 6. The van der Waals surface area contributed by atoms with Crippen molar-refractivity contribution in [3.05, 3.63) is 35.9 Å². The molecule has 0 aliphatic heterocycles. The molecule has 1 rings (SSSR count). The highest BCUT2D eigenvalue weighted by molar-refractivity contribution is 5.94. The molecule has 228 valence electrons. The Morgan fingerprint density at radius 3 is 1.71 bits per heavy atom. The summed E-state index contributed by atoms with van der Waals surface area (Å²) >= 11 is 0. The molecule has 0 radical (unpaired) electrons. The Balaban J connectivity index is 2.78. The van der Waals surface area contributed by atoms with Crippen LogP contribution in [-0.2, 0) is 35.2 Å². The summed E-state index contributed by atoms with van der Waals surface area (Å²) in [5, 5.41) is 21.0. The molecule has 41 heavy (non-hydrogen) atoms. The number of benzene rings is 1. The lowest BCUT2D eigenvalue weighted by atomic mass is 10.0. The molecule has 0 aliphatic carbocycles. The van der Waals surface area contributed by atoms with Crippen LogP contribution in [0, 0.1) is 5.92 Å². The van der Waals surface area contributed by atoms with Gasteiger partial charge < -0.3 is 42.5 Å². The Bertz CT molecular complexity index is 1000. The third-order valence-corrected chi connectivity index (χ3v) is 5.59. The number of nitrogens with one attached hydrogen (secondary N) is 8. The highest BCUT2D eigenvalue weighted by atomic mass is 16.2. The van der Waals surface area contributed by atoms with E-state index in [1.165, 1.54) is 0 Å². The molecule has 0 unspecified atom stereocenters. The quantitative estimate of drug-likeness (QED) is 0.0805. The molecule has 0 aromatic heterocycles. The molecule has 14 nitrogen and oxygen atoms in total. The van der Waals surface area contributed by atoms with Crippen LogP contribution in [0.2, 0.25) is 0 Å². The summed E-state index contributed by atoms with van der Waals surface area (Å²) in [6.07, 6.45) is 0.453. The number of likely N-dealkylation sites (N-methyl/N-ethyl adjacent to an activating group) is 2. The van der Waals surface area contributed by atoms with Crippen LogP contribution in [0.25, 0.3) is 0 Å². The van der Waals surface area contributed by atoms with Gasteiger partial charge in [0.1, 0.15) is 12.1 Å². The van der Waals surface area contributed by atoms with Crippen LogP contribution in [0.3, 0.4) is 0 Å². The summed E-state index contributed by atoms with van der Waals surface area (Å²) in [5.41, 5.74) is 0.788. The van der Waals surface area contributed by atoms with Gasteiger partial charge in [0.25, 0.3) is 0 Å². The maximum absolute atomic E-state index is 13.3. The van der Waals surface area contributed by atoms with Crippen molar-refractivity contribution in [2.45, 2.75) is 38.8 Å². The van der Waals surface area contributed by atoms with E-state index in [1.54, 1.807) is 26.2 Å². The first-order valence-corrected chi connectivity index (χ1v) is 13.6. The maximum atomic E-state index is 13.3. The van der Waals surface area contributed by atoms with Crippen LogP contribution in [-0.4, -0.2) is 101 Å². The minimum absolute atomic E-state index is 0.0330. The van der Waals surface area contributed by atoms with Crippen LogP contribution in [0.1, 0.15) is 25.8 Å². The second-order valence-electron chi connectivity index (χ2n) is 9.76. The number of hydrogen-bond donors (Lipinski definition) is 8. The highest BCUT2D eigenvalue weighted by Gasteiger charge is 2.28.